The number of anilines is 1. The van der Waals surface area contributed by atoms with Gasteiger partial charge in [-0.15, -0.1) is 0 Å². The third-order valence-corrected chi connectivity index (χ3v) is 6.17. The molecule has 3 aromatic carbocycles. The highest BCUT2D eigenvalue weighted by atomic mass is 19.1. The van der Waals surface area contributed by atoms with Gasteiger partial charge in [-0.25, -0.2) is 4.39 Å². The van der Waals surface area contributed by atoms with Crippen LogP contribution < -0.4 is 10.6 Å². The Balaban J connectivity index is 1.47. The highest BCUT2D eigenvalue weighted by Crippen LogP contribution is 2.50. The van der Waals surface area contributed by atoms with Crippen molar-refractivity contribution < 1.29 is 9.18 Å². The van der Waals surface area contributed by atoms with Crippen LogP contribution in [0.4, 0.5) is 10.1 Å². The Morgan fingerprint density at radius 3 is 2.60 bits per heavy atom. The molecule has 0 saturated heterocycles. The van der Waals surface area contributed by atoms with E-state index in [9.17, 15) is 9.18 Å². The fourth-order valence-electron chi connectivity index (χ4n) is 4.68. The van der Waals surface area contributed by atoms with Gasteiger partial charge in [0.2, 0.25) is 0 Å². The Kier molecular flexibility index (Phi) is 4.83. The number of benzene rings is 3. The molecule has 0 radical (unpaired) electrons. The van der Waals surface area contributed by atoms with Gasteiger partial charge in [-0.05, 0) is 47.2 Å². The van der Waals surface area contributed by atoms with Crippen LogP contribution in [0.2, 0.25) is 0 Å². The maximum absolute atomic E-state index is 13.5. The van der Waals surface area contributed by atoms with Crippen molar-refractivity contribution in [3.05, 3.63) is 113 Å². The number of amides is 1. The lowest BCUT2D eigenvalue weighted by Gasteiger charge is -2.38. The first-order chi connectivity index (χ1) is 14.7. The lowest BCUT2D eigenvalue weighted by Crippen LogP contribution is -2.32. The molecule has 0 fully saturated rings. The van der Waals surface area contributed by atoms with Gasteiger partial charge in [0, 0.05) is 12.5 Å². The Morgan fingerprint density at radius 1 is 1.00 bits per heavy atom. The number of carbonyl (C=O) groups is 1. The molecule has 150 valence electrons. The Hall–Kier alpha value is -3.40. The Labute approximate surface area is 175 Å². The Morgan fingerprint density at radius 2 is 1.80 bits per heavy atom. The predicted octanol–water partition coefficient (Wildman–Crippen LogP) is 5.58. The van der Waals surface area contributed by atoms with E-state index in [1.807, 2.05) is 54.6 Å². The van der Waals surface area contributed by atoms with Gasteiger partial charge in [-0.2, -0.15) is 0 Å². The zero-order valence-electron chi connectivity index (χ0n) is 16.5. The smallest absolute Gasteiger partial charge is 0.253 e. The first-order valence-electron chi connectivity index (χ1n) is 10.3. The molecule has 0 bridgehead atoms. The minimum Gasteiger partial charge on any atom is -0.377 e. The summed E-state index contributed by atoms with van der Waals surface area (Å²) in [5.74, 6) is 0.266. The molecule has 2 aliphatic rings. The summed E-state index contributed by atoms with van der Waals surface area (Å²) in [4.78, 5) is 13.1. The average Bonchev–Trinajstić information content (AvgIpc) is 3.28. The quantitative estimate of drug-likeness (QED) is 0.563. The zero-order chi connectivity index (χ0) is 20.5. The summed E-state index contributed by atoms with van der Waals surface area (Å²) in [5, 5.41) is 6.67. The molecule has 3 unspecified atom stereocenters. The zero-order valence-corrected chi connectivity index (χ0v) is 16.5. The molecule has 1 aliphatic heterocycles. The predicted molar refractivity (Wildman–Crippen MR) is 117 cm³/mol. The summed E-state index contributed by atoms with van der Waals surface area (Å²) in [6, 6.07) is 22.5. The monoisotopic (exact) mass is 398 g/mol. The molecule has 3 aromatic rings. The standard InChI is InChI=1S/C26H23FN2O/c27-19-14-12-18(13-15-19)24-21-9-4-8-20(21)22-10-5-11-23(25(22)29-24)26(30)28-16-17-6-2-1-3-7-17/h1-8,10-15,20-21,24,29H,9,16H2,(H,28,30). The third-order valence-electron chi connectivity index (χ3n) is 6.17. The maximum Gasteiger partial charge on any atom is 0.253 e. The fourth-order valence-corrected chi connectivity index (χ4v) is 4.68. The molecule has 5 rings (SSSR count). The molecule has 1 heterocycles. The third kappa shape index (κ3) is 3.39. The minimum atomic E-state index is -0.239. The molecule has 3 nitrogen and oxygen atoms in total. The van der Waals surface area contributed by atoms with Crippen LogP contribution in [0.25, 0.3) is 0 Å². The van der Waals surface area contributed by atoms with Crippen LogP contribution in [0.1, 0.15) is 45.4 Å². The van der Waals surface area contributed by atoms with Gasteiger partial charge in [0.15, 0.2) is 0 Å². The second-order valence-electron chi connectivity index (χ2n) is 7.97. The molecule has 1 amide bonds. The van der Waals surface area contributed by atoms with Gasteiger partial charge in [0.05, 0.1) is 17.3 Å². The van der Waals surface area contributed by atoms with Crippen molar-refractivity contribution in [1.82, 2.24) is 5.32 Å². The van der Waals surface area contributed by atoms with Crippen molar-refractivity contribution in [3.8, 4) is 0 Å². The number of nitrogens with one attached hydrogen (secondary N) is 2. The number of halogens is 1. The maximum atomic E-state index is 13.5. The van der Waals surface area contributed by atoms with Crippen LogP contribution in [0, 0.1) is 11.7 Å². The highest BCUT2D eigenvalue weighted by Gasteiger charge is 2.39. The summed E-state index contributed by atoms with van der Waals surface area (Å²) in [5.41, 5.74) is 4.78. The first-order valence-corrected chi connectivity index (χ1v) is 10.3. The lowest BCUT2D eigenvalue weighted by molar-refractivity contribution is 0.0951. The van der Waals surface area contributed by atoms with Crippen LogP contribution in [0.3, 0.4) is 0 Å². The van der Waals surface area contributed by atoms with Gasteiger partial charge >= 0.3 is 0 Å². The molecular weight excluding hydrogens is 375 g/mol. The number of hydrogen-bond acceptors (Lipinski definition) is 2. The summed E-state index contributed by atoms with van der Waals surface area (Å²) in [7, 11) is 0. The first kappa shape index (κ1) is 18.6. The van der Waals surface area contributed by atoms with Crippen LogP contribution in [0.15, 0.2) is 84.9 Å². The number of carbonyl (C=O) groups excluding carboxylic acids is 1. The van der Waals surface area contributed by atoms with Crippen molar-refractivity contribution in [3.63, 3.8) is 0 Å². The van der Waals surface area contributed by atoms with Crippen molar-refractivity contribution in [2.45, 2.75) is 24.9 Å². The highest BCUT2D eigenvalue weighted by molar-refractivity contribution is 6.00. The van der Waals surface area contributed by atoms with E-state index in [-0.39, 0.29) is 23.7 Å². The largest absolute Gasteiger partial charge is 0.377 e. The van der Waals surface area contributed by atoms with E-state index in [0.717, 1.165) is 28.8 Å². The SMILES string of the molecule is O=C(NCc1ccccc1)c1cccc2c1NC(c1ccc(F)cc1)C1CC=CC21. The van der Waals surface area contributed by atoms with Crippen molar-refractivity contribution in [2.24, 2.45) is 5.92 Å². The number of para-hydroxylation sites is 1. The number of hydrogen-bond donors (Lipinski definition) is 2. The van der Waals surface area contributed by atoms with Crippen LogP contribution in [-0.2, 0) is 6.54 Å². The van der Waals surface area contributed by atoms with Crippen LogP contribution in [-0.4, -0.2) is 5.91 Å². The topological polar surface area (TPSA) is 41.1 Å². The van der Waals surface area contributed by atoms with E-state index >= 15 is 0 Å². The number of fused-ring (bicyclic) bond motifs is 3. The van der Waals surface area contributed by atoms with E-state index < -0.39 is 0 Å². The van der Waals surface area contributed by atoms with E-state index in [4.69, 9.17) is 0 Å². The van der Waals surface area contributed by atoms with Gasteiger partial charge in [0.1, 0.15) is 5.82 Å². The van der Waals surface area contributed by atoms with Crippen LogP contribution in [0.5, 0.6) is 0 Å². The van der Waals surface area contributed by atoms with E-state index in [2.05, 4.69) is 28.9 Å². The number of allylic oxidation sites excluding steroid dienone is 2. The normalized spacial score (nSPS) is 21.4. The molecule has 0 saturated carbocycles. The van der Waals surface area contributed by atoms with E-state index in [0.29, 0.717) is 18.0 Å². The van der Waals surface area contributed by atoms with Gasteiger partial charge in [-0.3, -0.25) is 4.79 Å². The average molecular weight is 398 g/mol. The molecule has 2 N–H and O–H groups in total. The molecular formula is C26H23FN2O. The summed E-state index contributed by atoms with van der Waals surface area (Å²) < 4.78 is 13.5. The second-order valence-corrected chi connectivity index (χ2v) is 7.97. The molecule has 3 atom stereocenters. The molecule has 0 aromatic heterocycles. The molecule has 30 heavy (non-hydrogen) atoms. The van der Waals surface area contributed by atoms with E-state index in [1.54, 1.807) is 0 Å². The van der Waals surface area contributed by atoms with Crippen molar-refractivity contribution >= 4 is 11.6 Å². The van der Waals surface area contributed by atoms with Crippen LogP contribution >= 0.6 is 0 Å². The fraction of sp³-hybridized carbons (Fsp3) is 0.192. The summed E-state index contributed by atoms with van der Waals surface area (Å²) in [6.07, 6.45) is 5.42. The van der Waals surface area contributed by atoms with Gasteiger partial charge in [-0.1, -0.05) is 66.7 Å². The van der Waals surface area contributed by atoms with E-state index in [1.165, 1.54) is 12.1 Å². The van der Waals surface area contributed by atoms with Gasteiger partial charge < -0.3 is 10.6 Å². The molecule has 0 spiro atoms. The molecule has 1 aliphatic carbocycles. The van der Waals surface area contributed by atoms with Crippen molar-refractivity contribution in [1.29, 1.82) is 0 Å². The van der Waals surface area contributed by atoms with Crippen molar-refractivity contribution in [2.75, 3.05) is 5.32 Å². The second kappa shape index (κ2) is 7.79. The minimum absolute atomic E-state index is 0.0289. The molecule has 4 heteroatoms. The Bertz CT molecular complexity index is 1090. The summed E-state index contributed by atoms with van der Waals surface area (Å²) in [6.45, 7) is 0.483. The van der Waals surface area contributed by atoms with Gasteiger partial charge in [0.25, 0.3) is 5.91 Å². The number of rotatable bonds is 4. The lowest BCUT2D eigenvalue weighted by atomic mass is 9.76. The summed E-state index contributed by atoms with van der Waals surface area (Å²) >= 11 is 0.